The molecule has 110 valence electrons. The molecule has 0 unspecified atom stereocenters. The summed E-state index contributed by atoms with van der Waals surface area (Å²) in [5, 5.41) is 0. The number of nitrogens with zero attached hydrogens (tertiary/aromatic N) is 4. The van der Waals surface area contributed by atoms with Crippen LogP contribution in [0.25, 0.3) is 0 Å². The second kappa shape index (κ2) is 6.73. The summed E-state index contributed by atoms with van der Waals surface area (Å²) in [5.41, 5.74) is 0. The number of unbranched alkanes of at least 4 members (excludes halogenated alkanes) is 3. The second-order valence-corrected chi connectivity index (χ2v) is 5.71. The highest BCUT2D eigenvalue weighted by atomic mass is 15.1. The van der Waals surface area contributed by atoms with Gasteiger partial charge in [0.2, 0.25) is 0 Å². The van der Waals surface area contributed by atoms with Crippen LogP contribution in [0.4, 0.5) is 0 Å². The molecule has 0 saturated heterocycles. The highest BCUT2D eigenvalue weighted by molar-refractivity contribution is 4.77. The van der Waals surface area contributed by atoms with Crippen LogP contribution < -0.4 is 9.13 Å². The van der Waals surface area contributed by atoms with Gasteiger partial charge >= 0.3 is 0 Å². The maximum Gasteiger partial charge on any atom is 0.253 e. The summed E-state index contributed by atoms with van der Waals surface area (Å²) >= 11 is 0. The van der Waals surface area contributed by atoms with Crippen molar-refractivity contribution in [3.63, 3.8) is 0 Å². The molecular formula is C16H28N4+2. The van der Waals surface area contributed by atoms with Crippen LogP contribution in [0.15, 0.2) is 24.8 Å². The molecule has 2 aromatic rings. The largest absolute Gasteiger partial charge is 0.253 e. The first-order valence-electron chi connectivity index (χ1n) is 7.62. The van der Waals surface area contributed by atoms with Crippen molar-refractivity contribution in [1.29, 1.82) is 0 Å². The second-order valence-electron chi connectivity index (χ2n) is 5.71. The van der Waals surface area contributed by atoms with Crippen molar-refractivity contribution in [2.45, 2.75) is 52.6 Å². The van der Waals surface area contributed by atoms with Crippen molar-refractivity contribution in [3.05, 3.63) is 36.4 Å². The fourth-order valence-corrected chi connectivity index (χ4v) is 2.59. The first-order valence-corrected chi connectivity index (χ1v) is 7.62. The Hall–Kier alpha value is -1.58. The van der Waals surface area contributed by atoms with Gasteiger partial charge in [0.05, 0.1) is 27.2 Å². The molecular weight excluding hydrogens is 248 g/mol. The lowest BCUT2D eigenvalue weighted by molar-refractivity contribution is -0.704. The number of rotatable bonds is 7. The first kappa shape index (κ1) is 14.8. The van der Waals surface area contributed by atoms with Crippen molar-refractivity contribution in [3.8, 4) is 0 Å². The molecule has 0 amide bonds. The molecule has 0 N–H and O–H groups in total. The lowest BCUT2D eigenvalue weighted by Crippen LogP contribution is -2.36. The fourth-order valence-electron chi connectivity index (χ4n) is 2.59. The van der Waals surface area contributed by atoms with E-state index < -0.39 is 0 Å². The third-order valence-corrected chi connectivity index (χ3v) is 4.34. The molecule has 0 saturated carbocycles. The summed E-state index contributed by atoms with van der Waals surface area (Å²) < 4.78 is 9.04. The van der Waals surface area contributed by atoms with Crippen molar-refractivity contribution in [1.82, 2.24) is 9.13 Å². The van der Waals surface area contributed by atoms with Crippen molar-refractivity contribution < 1.29 is 9.13 Å². The van der Waals surface area contributed by atoms with Gasteiger partial charge in [-0.25, -0.2) is 18.3 Å². The minimum atomic E-state index is 1.14. The SMILES string of the molecule is Cc1n(C)cc[n+]1CCCCCC[n+]1ccn(C)c1C. The highest BCUT2D eigenvalue weighted by Crippen LogP contribution is 2.01. The molecule has 0 spiro atoms. The number of aryl methyl sites for hydroxylation is 4. The lowest BCUT2D eigenvalue weighted by atomic mass is 10.2. The Balaban J connectivity index is 1.63. The molecule has 2 aromatic heterocycles. The van der Waals surface area contributed by atoms with Crippen molar-refractivity contribution in [2.24, 2.45) is 14.1 Å². The molecule has 0 bridgehead atoms. The molecule has 2 rings (SSSR count). The molecule has 0 aliphatic rings. The van der Waals surface area contributed by atoms with Gasteiger partial charge in [-0.15, -0.1) is 0 Å². The van der Waals surface area contributed by atoms with Crippen molar-refractivity contribution >= 4 is 0 Å². The third-order valence-electron chi connectivity index (χ3n) is 4.34. The molecule has 2 heterocycles. The van der Waals surface area contributed by atoms with Gasteiger partial charge < -0.3 is 0 Å². The quantitative estimate of drug-likeness (QED) is 0.542. The van der Waals surface area contributed by atoms with Crippen LogP contribution in [-0.4, -0.2) is 9.13 Å². The summed E-state index contributed by atoms with van der Waals surface area (Å²) in [4.78, 5) is 0. The van der Waals surface area contributed by atoms with Gasteiger partial charge in [0.1, 0.15) is 24.8 Å². The van der Waals surface area contributed by atoms with E-state index in [1.807, 2.05) is 0 Å². The Labute approximate surface area is 122 Å². The maximum absolute atomic E-state index is 2.34. The van der Waals surface area contributed by atoms with E-state index >= 15 is 0 Å². The Morgan fingerprint density at radius 1 is 0.750 bits per heavy atom. The van der Waals surface area contributed by atoms with Crippen LogP contribution in [0.5, 0.6) is 0 Å². The summed E-state index contributed by atoms with van der Waals surface area (Å²) in [6.45, 7) is 6.64. The van der Waals surface area contributed by atoms with Gasteiger partial charge in [-0.1, -0.05) is 0 Å². The predicted molar refractivity (Wildman–Crippen MR) is 79.2 cm³/mol. The summed E-state index contributed by atoms with van der Waals surface area (Å²) in [5.74, 6) is 2.67. The van der Waals surface area contributed by atoms with Gasteiger partial charge in [0, 0.05) is 13.8 Å². The van der Waals surface area contributed by atoms with Crippen LogP contribution >= 0.6 is 0 Å². The predicted octanol–water partition coefficient (Wildman–Crippen LogP) is 1.82. The molecule has 0 aliphatic carbocycles. The Morgan fingerprint density at radius 2 is 1.15 bits per heavy atom. The summed E-state index contributed by atoms with van der Waals surface area (Å²) in [7, 11) is 4.20. The maximum atomic E-state index is 2.34. The fraction of sp³-hybridized carbons (Fsp3) is 0.625. The van der Waals surface area contributed by atoms with Gasteiger partial charge in [-0.2, -0.15) is 0 Å². The zero-order valence-electron chi connectivity index (χ0n) is 13.3. The van der Waals surface area contributed by atoms with Crippen LogP contribution in [0, 0.1) is 13.8 Å². The normalized spacial score (nSPS) is 11.2. The van der Waals surface area contributed by atoms with E-state index in [9.17, 15) is 0 Å². The average molecular weight is 276 g/mol. The Kier molecular flexibility index (Phi) is 4.99. The minimum absolute atomic E-state index is 1.14. The zero-order chi connectivity index (χ0) is 14.5. The number of imidazole rings is 2. The van der Waals surface area contributed by atoms with Gasteiger partial charge in [0.15, 0.2) is 0 Å². The highest BCUT2D eigenvalue weighted by Gasteiger charge is 2.09. The monoisotopic (exact) mass is 276 g/mol. The Morgan fingerprint density at radius 3 is 1.45 bits per heavy atom. The molecule has 0 aliphatic heterocycles. The van der Waals surface area contributed by atoms with Gasteiger partial charge in [-0.05, 0) is 25.7 Å². The van der Waals surface area contributed by atoms with Crippen LogP contribution in [0.2, 0.25) is 0 Å². The topological polar surface area (TPSA) is 17.6 Å². The van der Waals surface area contributed by atoms with Crippen molar-refractivity contribution in [2.75, 3.05) is 0 Å². The van der Waals surface area contributed by atoms with Crippen LogP contribution in [-0.2, 0) is 27.2 Å². The van der Waals surface area contributed by atoms with E-state index in [0.717, 1.165) is 13.1 Å². The molecule has 0 fully saturated rings. The van der Waals surface area contributed by atoms with Crippen LogP contribution in [0.3, 0.4) is 0 Å². The minimum Gasteiger partial charge on any atom is -0.237 e. The molecule has 4 heteroatoms. The Bertz CT molecular complexity index is 501. The van der Waals surface area contributed by atoms with E-state index in [0.29, 0.717) is 0 Å². The van der Waals surface area contributed by atoms with Gasteiger partial charge in [0.25, 0.3) is 11.6 Å². The summed E-state index contributed by atoms with van der Waals surface area (Å²) in [6, 6.07) is 0. The smallest absolute Gasteiger partial charge is 0.237 e. The molecule has 0 radical (unpaired) electrons. The van der Waals surface area contributed by atoms with Crippen LogP contribution in [0.1, 0.15) is 37.3 Å². The lowest BCUT2D eigenvalue weighted by Gasteiger charge is -2.01. The van der Waals surface area contributed by atoms with E-state index in [4.69, 9.17) is 0 Å². The third kappa shape index (κ3) is 3.50. The van der Waals surface area contributed by atoms with E-state index in [-0.39, 0.29) is 0 Å². The molecule has 20 heavy (non-hydrogen) atoms. The number of aromatic nitrogens is 4. The molecule has 0 atom stereocenters. The molecule has 4 nitrogen and oxygen atoms in total. The standard InChI is InChI=1S/C16H28N4/c1-15-17(3)11-13-19(15)9-7-5-6-8-10-20-14-12-18(4)16(20)2/h11-14H,5-10H2,1-4H3/q+2. The van der Waals surface area contributed by atoms with E-state index in [1.54, 1.807) is 0 Å². The summed E-state index contributed by atoms with van der Waals surface area (Å²) in [6.07, 6.45) is 13.8. The zero-order valence-corrected chi connectivity index (χ0v) is 13.3. The van der Waals surface area contributed by atoms with E-state index in [1.165, 1.54) is 37.3 Å². The molecule has 0 aromatic carbocycles. The number of hydrogen-bond donors (Lipinski definition) is 0. The first-order chi connectivity index (χ1) is 9.59. The number of hydrogen-bond acceptors (Lipinski definition) is 0. The van der Waals surface area contributed by atoms with E-state index in [2.05, 4.69) is 71.0 Å². The average Bonchev–Trinajstić information content (AvgIpc) is 2.92. The van der Waals surface area contributed by atoms with Gasteiger partial charge in [-0.3, -0.25) is 0 Å².